The van der Waals surface area contributed by atoms with Gasteiger partial charge in [-0.05, 0) is 56.2 Å². The molecule has 2 amide bonds. The van der Waals surface area contributed by atoms with Crippen molar-refractivity contribution < 1.29 is 9.59 Å². The summed E-state index contributed by atoms with van der Waals surface area (Å²) in [5.74, 6) is -0.544. The fourth-order valence-electron chi connectivity index (χ4n) is 3.21. The highest BCUT2D eigenvalue weighted by Gasteiger charge is 2.17. The van der Waals surface area contributed by atoms with Crippen molar-refractivity contribution >= 4 is 23.2 Å². The molecular weight excluding hydrogens is 350 g/mol. The third-order valence-electron chi connectivity index (χ3n) is 4.60. The molecule has 28 heavy (non-hydrogen) atoms. The van der Waals surface area contributed by atoms with E-state index in [1.54, 1.807) is 18.0 Å². The molecule has 2 aromatic carbocycles. The Balaban J connectivity index is 1.83. The van der Waals surface area contributed by atoms with Gasteiger partial charge < -0.3 is 10.2 Å². The number of hydrogen-bond acceptors (Lipinski definition) is 3. The minimum atomic E-state index is -0.341. The summed E-state index contributed by atoms with van der Waals surface area (Å²) < 4.78 is 0. The van der Waals surface area contributed by atoms with Crippen LogP contribution in [0.5, 0.6) is 0 Å². The Labute approximate surface area is 165 Å². The van der Waals surface area contributed by atoms with Gasteiger partial charge in [-0.1, -0.05) is 35.9 Å². The molecule has 5 heteroatoms. The number of para-hydroxylation sites is 1. The number of nitrogens with one attached hydrogen (secondary N) is 1. The molecule has 0 bridgehead atoms. The molecule has 1 aromatic heterocycles. The van der Waals surface area contributed by atoms with Crippen molar-refractivity contribution in [1.29, 1.82) is 0 Å². The van der Waals surface area contributed by atoms with Crippen LogP contribution in [-0.4, -0.2) is 23.8 Å². The molecule has 0 unspecified atom stereocenters. The number of rotatable bonds is 4. The lowest BCUT2D eigenvalue weighted by molar-refractivity contribution is 0.0993. The van der Waals surface area contributed by atoms with Crippen LogP contribution >= 0.6 is 0 Å². The van der Waals surface area contributed by atoms with Gasteiger partial charge in [0.1, 0.15) is 5.69 Å². The van der Waals surface area contributed by atoms with Crippen molar-refractivity contribution in [3.63, 3.8) is 0 Å². The maximum absolute atomic E-state index is 12.8. The first-order valence-corrected chi connectivity index (χ1v) is 9.05. The Kier molecular flexibility index (Phi) is 5.54. The van der Waals surface area contributed by atoms with E-state index in [2.05, 4.69) is 10.3 Å². The maximum Gasteiger partial charge on any atom is 0.274 e. The van der Waals surface area contributed by atoms with Crippen molar-refractivity contribution in [2.45, 2.75) is 20.8 Å². The second-order valence-corrected chi connectivity index (χ2v) is 6.86. The highest BCUT2D eigenvalue weighted by Crippen LogP contribution is 2.22. The molecule has 0 saturated carbocycles. The number of hydrogen-bond donors (Lipinski definition) is 1. The third-order valence-corrected chi connectivity index (χ3v) is 4.60. The lowest BCUT2D eigenvalue weighted by Gasteiger charge is -2.17. The summed E-state index contributed by atoms with van der Waals surface area (Å²) in [5.41, 5.74) is 5.28. The number of pyridine rings is 1. The SMILES string of the molecule is Cc1cc(C)c(NC(=O)c2cc(C(=O)N(C)c3ccccc3)ccn2)c(C)c1. The first-order chi connectivity index (χ1) is 13.4. The van der Waals surface area contributed by atoms with E-state index in [1.165, 1.54) is 12.3 Å². The molecule has 1 N–H and O–H groups in total. The van der Waals surface area contributed by atoms with Crippen molar-refractivity contribution in [3.05, 3.63) is 88.7 Å². The minimum Gasteiger partial charge on any atom is -0.320 e. The van der Waals surface area contributed by atoms with E-state index in [0.29, 0.717) is 5.56 Å². The van der Waals surface area contributed by atoms with Gasteiger partial charge in [-0.25, -0.2) is 0 Å². The van der Waals surface area contributed by atoms with E-state index in [1.807, 2.05) is 63.2 Å². The van der Waals surface area contributed by atoms with Crippen LogP contribution in [-0.2, 0) is 0 Å². The third kappa shape index (κ3) is 4.09. The van der Waals surface area contributed by atoms with Gasteiger partial charge in [0, 0.05) is 30.2 Å². The highest BCUT2D eigenvalue weighted by molar-refractivity contribution is 6.08. The summed E-state index contributed by atoms with van der Waals surface area (Å²) >= 11 is 0. The van der Waals surface area contributed by atoms with Crippen LogP contribution in [0.15, 0.2) is 60.8 Å². The number of anilines is 2. The monoisotopic (exact) mass is 373 g/mol. The van der Waals surface area contributed by atoms with Crippen molar-refractivity contribution in [2.75, 3.05) is 17.3 Å². The summed E-state index contributed by atoms with van der Waals surface area (Å²) in [5, 5.41) is 2.92. The van der Waals surface area contributed by atoms with Crippen LogP contribution in [0.2, 0.25) is 0 Å². The molecule has 0 aliphatic rings. The van der Waals surface area contributed by atoms with Crippen LogP contribution in [0.4, 0.5) is 11.4 Å². The number of aromatic nitrogens is 1. The summed E-state index contributed by atoms with van der Waals surface area (Å²) in [6, 6.07) is 16.5. The molecule has 0 radical (unpaired) electrons. The van der Waals surface area contributed by atoms with E-state index in [4.69, 9.17) is 0 Å². The van der Waals surface area contributed by atoms with Gasteiger partial charge in [-0.3, -0.25) is 14.6 Å². The largest absolute Gasteiger partial charge is 0.320 e. The average molecular weight is 373 g/mol. The van der Waals surface area contributed by atoms with Gasteiger partial charge >= 0.3 is 0 Å². The lowest BCUT2D eigenvalue weighted by atomic mass is 10.0. The molecule has 0 atom stereocenters. The fourth-order valence-corrected chi connectivity index (χ4v) is 3.21. The zero-order chi connectivity index (χ0) is 20.3. The Bertz CT molecular complexity index is 1010. The number of benzene rings is 2. The summed E-state index contributed by atoms with van der Waals surface area (Å²) in [6.07, 6.45) is 1.48. The van der Waals surface area contributed by atoms with Crippen molar-refractivity contribution in [1.82, 2.24) is 4.98 Å². The molecule has 142 valence electrons. The normalized spacial score (nSPS) is 10.4. The van der Waals surface area contributed by atoms with Crippen molar-refractivity contribution in [3.8, 4) is 0 Å². The summed E-state index contributed by atoms with van der Waals surface area (Å²) in [6.45, 7) is 5.93. The van der Waals surface area contributed by atoms with E-state index in [9.17, 15) is 9.59 Å². The molecule has 1 heterocycles. The standard InChI is InChI=1S/C23H23N3O2/c1-15-12-16(2)21(17(3)13-15)25-22(27)20-14-18(10-11-24-20)23(28)26(4)19-8-6-5-7-9-19/h5-14H,1-4H3,(H,25,27). The van der Waals surface area contributed by atoms with Crippen molar-refractivity contribution in [2.24, 2.45) is 0 Å². The number of carbonyl (C=O) groups is 2. The van der Waals surface area contributed by atoms with Crippen LogP contribution in [0.25, 0.3) is 0 Å². The molecule has 0 aliphatic heterocycles. The predicted molar refractivity (Wildman–Crippen MR) is 112 cm³/mol. The zero-order valence-corrected chi connectivity index (χ0v) is 16.5. The molecule has 0 saturated heterocycles. The molecule has 0 spiro atoms. The second-order valence-electron chi connectivity index (χ2n) is 6.86. The molecule has 3 rings (SSSR count). The fraction of sp³-hybridized carbons (Fsp3) is 0.174. The number of amides is 2. The molecular formula is C23H23N3O2. The summed E-state index contributed by atoms with van der Waals surface area (Å²) in [4.78, 5) is 31.2. The predicted octanol–water partition coefficient (Wildman–Crippen LogP) is 4.54. The van der Waals surface area contributed by atoms with E-state index >= 15 is 0 Å². The first-order valence-electron chi connectivity index (χ1n) is 9.05. The Morgan fingerprint density at radius 2 is 1.57 bits per heavy atom. The van der Waals surface area contributed by atoms with E-state index in [-0.39, 0.29) is 17.5 Å². The Morgan fingerprint density at radius 3 is 2.21 bits per heavy atom. The topological polar surface area (TPSA) is 62.3 Å². The van der Waals surface area contributed by atoms with Crippen LogP contribution in [0.3, 0.4) is 0 Å². The molecule has 0 aliphatic carbocycles. The van der Waals surface area contributed by atoms with Gasteiger partial charge in [0.2, 0.25) is 0 Å². The number of carbonyl (C=O) groups excluding carboxylic acids is 2. The zero-order valence-electron chi connectivity index (χ0n) is 16.5. The van der Waals surface area contributed by atoms with Gasteiger partial charge in [0.15, 0.2) is 0 Å². The lowest BCUT2D eigenvalue weighted by Crippen LogP contribution is -2.26. The van der Waals surface area contributed by atoms with Gasteiger partial charge in [0.25, 0.3) is 11.8 Å². The molecule has 5 nitrogen and oxygen atoms in total. The van der Waals surface area contributed by atoms with E-state index in [0.717, 1.165) is 28.1 Å². The number of nitrogens with zero attached hydrogens (tertiary/aromatic N) is 2. The molecule has 0 fully saturated rings. The number of aryl methyl sites for hydroxylation is 3. The van der Waals surface area contributed by atoms with Gasteiger partial charge in [0.05, 0.1) is 0 Å². The quantitative estimate of drug-likeness (QED) is 0.730. The summed E-state index contributed by atoms with van der Waals surface area (Å²) in [7, 11) is 1.71. The highest BCUT2D eigenvalue weighted by atomic mass is 16.2. The van der Waals surface area contributed by atoms with Gasteiger partial charge in [-0.2, -0.15) is 0 Å². The first kappa shape index (κ1) is 19.3. The average Bonchev–Trinajstić information content (AvgIpc) is 2.70. The Morgan fingerprint density at radius 1 is 0.929 bits per heavy atom. The minimum absolute atomic E-state index is 0.201. The maximum atomic E-state index is 12.8. The Hall–Kier alpha value is -3.47. The van der Waals surface area contributed by atoms with Crippen LogP contribution in [0, 0.1) is 20.8 Å². The van der Waals surface area contributed by atoms with Crippen LogP contribution < -0.4 is 10.2 Å². The molecule has 3 aromatic rings. The van der Waals surface area contributed by atoms with E-state index < -0.39 is 0 Å². The van der Waals surface area contributed by atoms with Gasteiger partial charge in [-0.15, -0.1) is 0 Å². The second kappa shape index (κ2) is 8.05. The van der Waals surface area contributed by atoms with Crippen LogP contribution in [0.1, 0.15) is 37.5 Å². The smallest absolute Gasteiger partial charge is 0.274 e.